The molecule has 0 fully saturated rings. The number of rotatable bonds is 5. The molecule has 1 aliphatic heterocycles. The molecule has 2 aromatic carbocycles. The van der Waals surface area contributed by atoms with Gasteiger partial charge in [0.15, 0.2) is 5.84 Å². The number of halogens is 2. The van der Waals surface area contributed by atoms with Crippen LogP contribution in [0.2, 0.25) is 10.0 Å². The molecule has 0 saturated heterocycles. The Kier molecular flexibility index (Phi) is 5.36. The number of hydrazine groups is 2. The Hall–Kier alpha value is -2.39. The van der Waals surface area contributed by atoms with E-state index in [9.17, 15) is 0 Å². The molecule has 0 atom stereocenters. The standard InChI is InChI=1S/C18H16Cl2N6OS/c1-27-13-5-2-11(3-6-13)10-25-17(22-23-24-25)14-9-21-26(18(14)28)16-7-4-12(19)8-15(16)20/h2-9,23-24,28H,10H2,1H3. The number of nitrogens with one attached hydrogen (secondary N) is 2. The van der Waals surface area contributed by atoms with E-state index in [1.54, 1.807) is 36.2 Å². The van der Waals surface area contributed by atoms with Crippen LogP contribution in [0.1, 0.15) is 11.1 Å². The molecule has 0 unspecified atom stereocenters. The van der Waals surface area contributed by atoms with Gasteiger partial charge in [-0.05, 0) is 35.9 Å². The fraction of sp³-hybridized carbons (Fsp3) is 0.111. The average Bonchev–Trinajstić information content (AvgIpc) is 3.29. The lowest BCUT2D eigenvalue weighted by molar-refractivity contribution is 0.287. The van der Waals surface area contributed by atoms with Crippen molar-refractivity contribution >= 4 is 41.7 Å². The highest BCUT2D eigenvalue weighted by Crippen LogP contribution is 2.28. The fourth-order valence-electron chi connectivity index (χ4n) is 2.81. The van der Waals surface area contributed by atoms with Crippen molar-refractivity contribution in [1.82, 2.24) is 25.9 Å². The Labute approximate surface area is 177 Å². The van der Waals surface area contributed by atoms with Gasteiger partial charge in [0.2, 0.25) is 0 Å². The number of hydrazone groups is 1. The highest BCUT2D eigenvalue weighted by molar-refractivity contribution is 7.80. The van der Waals surface area contributed by atoms with E-state index in [0.29, 0.717) is 33.1 Å². The quantitative estimate of drug-likeness (QED) is 0.534. The first-order valence-corrected chi connectivity index (χ1v) is 9.48. The highest BCUT2D eigenvalue weighted by atomic mass is 35.5. The van der Waals surface area contributed by atoms with Crippen LogP contribution in [0.15, 0.2) is 58.8 Å². The van der Waals surface area contributed by atoms with Gasteiger partial charge in [-0.1, -0.05) is 35.3 Å². The molecule has 4 rings (SSSR count). The summed E-state index contributed by atoms with van der Waals surface area (Å²) < 4.78 is 6.84. The van der Waals surface area contributed by atoms with Gasteiger partial charge in [0.25, 0.3) is 0 Å². The molecule has 28 heavy (non-hydrogen) atoms. The molecule has 1 aliphatic rings. The normalized spacial score (nSPS) is 13.4. The summed E-state index contributed by atoms with van der Waals surface area (Å²) in [4.78, 5) is 0. The first-order chi connectivity index (χ1) is 13.6. The third-order valence-corrected chi connectivity index (χ3v) is 5.19. The molecule has 10 heteroatoms. The van der Waals surface area contributed by atoms with Gasteiger partial charge in [-0.25, -0.2) is 10.2 Å². The van der Waals surface area contributed by atoms with E-state index < -0.39 is 0 Å². The van der Waals surface area contributed by atoms with Crippen LogP contribution in [-0.2, 0) is 6.54 Å². The monoisotopic (exact) mass is 434 g/mol. The number of amidine groups is 1. The molecule has 0 saturated carbocycles. The van der Waals surface area contributed by atoms with Crippen LogP contribution in [0.4, 0.5) is 0 Å². The predicted molar refractivity (Wildman–Crippen MR) is 112 cm³/mol. The second-order valence-electron chi connectivity index (χ2n) is 5.98. The molecule has 7 nitrogen and oxygen atoms in total. The number of benzene rings is 2. The lowest BCUT2D eigenvalue weighted by Crippen LogP contribution is -2.40. The Morgan fingerprint density at radius 2 is 1.93 bits per heavy atom. The zero-order chi connectivity index (χ0) is 19.7. The zero-order valence-electron chi connectivity index (χ0n) is 14.7. The molecule has 3 aromatic rings. The maximum absolute atomic E-state index is 6.31. The average molecular weight is 435 g/mol. The summed E-state index contributed by atoms with van der Waals surface area (Å²) in [5.74, 6) is 1.47. The molecule has 2 heterocycles. The van der Waals surface area contributed by atoms with E-state index in [2.05, 4.69) is 33.9 Å². The van der Waals surface area contributed by atoms with Crippen LogP contribution in [0, 0.1) is 0 Å². The Morgan fingerprint density at radius 1 is 1.14 bits per heavy atom. The van der Waals surface area contributed by atoms with Gasteiger partial charge < -0.3 is 4.74 Å². The SMILES string of the molecule is COc1ccc(CN2NNN=C2c2cnn(-c3ccc(Cl)cc3Cl)c2S)cc1. The highest BCUT2D eigenvalue weighted by Gasteiger charge is 2.24. The van der Waals surface area contributed by atoms with Gasteiger partial charge >= 0.3 is 0 Å². The van der Waals surface area contributed by atoms with E-state index >= 15 is 0 Å². The second-order valence-corrected chi connectivity index (χ2v) is 7.25. The minimum absolute atomic E-state index is 0.483. The largest absolute Gasteiger partial charge is 0.497 e. The van der Waals surface area contributed by atoms with Gasteiger partial charge in [-0.3, -0.25) is 5.01 Å². The minimum atomic E-state index is 0.483. The summed E-state index contributed by atoms with van der Waals surface area (Å²) in [6, 6.07) is 13.0. The first kappa shape index (κ1) is 18.9. The van der Waals surface area contributed by atoms with Crippen LogP contribution in [-0.4, -0.2) is 27.7 Å². The second kappa shape index (κ2) is 7.92. The van der Waals surface area contributed by atoms with Crippen molar-refractivity contribution in [2.45, 2.75) is 11.6 Å². The number of hydrogen-bond donors (Lipinski definition) is 3. The van der Waals surface area contributed by atoms with E-state index in [1.807, 2.05) is 29.3 Å². The maximum atomic E-state index is 6.31. The molecule has 0 amide bonds. The molecule has 0 bridgehead atoms. The van der Waals surface area contributed by atoms with Crippen molar-refractivity contribution < 1.29 is 4.74 Å². The Morgan fingerprint density at radius 3 is 2.64 bits per heavy atom. The van der Waals surface area contributed by atoms with Crippen LogP contribution in [0.5, 0.6) is 5.75 Å². The third kappa shape index (κ3) is 3.64. The van der Waals surface area contributed by atoms with E-state index in [4.69, 9.17) is 27.9 Å². The van der Waals surface area contributed by atoms with E-state index in [-0.39, 0.29) is 0 Å². The summed E-state index contributed by atoms with van der Waals surface area (Å²) in [6.45, 7) is 0.579. The van der Waals surface area contributed by atoms with Gasteiger partial charge in [0, 0.05) is 5.02 Å². The van der Waals surface area contributed by atoms with Crippen molar-refractivity contribution in [3.63, 3.8) is 0 Å². The Balaban J connectivity index is 1.60. The predicted octanol–water partition coefficient (Wildman–Crippen LogP) is 3.66. The van der Waals surface area contributed by atoms with E-state index in [0.717, 1.165) is 16.9 Å². The van der Waals surface area contributed by atoms with Crippen LogP contribution >= 0.6 is 35.8 Å². The van der Waals surface area contributed by atoms with Crippen LogP contribution < -0.4 is 15.8 Å². The molecule has 0 spiro atoms. The molecule has 0 aliphatic carbocycles. The van der Waals surface area contributed by atoms with Crippen molar-refractivity contribution in [2.75, 3.05) is 7.11 Å². The number of nitrogens with zero attached hydrogens (tertiary/aromatic N) is 4. The zero-order valence-corrected chi connectivity index (χ0v) is 17.1. The number of aromatic nitrogens is 2. The lowest BCUT2D eigenvalue weighted by Gasteiger charge is -2.19. The summed E-state index contributed by atoms with van der Waals surface area (Å²) >= 11 is 16.9. The number of hydrogen-bond acceptors (Lipinski definition) is 7. The summed E-state index contributed by atoms with van der Waals surface area (Å²) in [5, 5.41) is 12.3. The summed E-state index contributed by atoms with van der Waals surface area (Å²) in [6.07, 6.45) is 1.70. The van der Waals surface area contributed by atoms with Gasteiger partial charge in [-0.2, -0.15) is 5.10 Å². The Bertz CT molecular complexity index is 1040. The van der Waals surface area contributed by atoms with Crippen LogP contribution in [0.3, 0.4) is 0 Å². The molecule has 2 N–H and O–H groups in total. The molecular formula is C18H16Cl2N6OS. The van der Waals surface area contributed by atoms with E-state index in [1.165, 1.54) is 0 Å². The van der Waals surface area contributed by atoms with Gasteiger partial charge in [-0.15, -0.1) is 23.3 Å². The van der Waals surface area contributed by atoms with Gasteiger partial charge in [0.1, 0.15) is 10.8 Å². The van der Waals surface area contributed by atoms with Crippen molar-refractivity contribution in [2.24, 2.45) is 5.10 Å². The first-order valence-electron chi connectivity index (χ1n) is 8.28. The summed E-state index contributed by atoms with van der Waals surface area (Å²) in [5.41, 5.74) is 8.31. The lowest BCUT2D eigenvalue weighted by atomic mass is 10.2. The molecule has 144 valence electrons. The number of ether oxygens (including phenoxy) is 1. The minimum Gasteiger partial charge on any atom is -0.497 e. The fourth-order valence-corrected chi connectivity index (χ4v) is 3.62. The van der Waals surface area contributed by atoms with Crippen molar-refractivity contribution in [3.05, 3.63) is 69.8 Å². The van der Waals surface area contributed by atoms with Crippen LogP contribution in [0.25, 0.3) is 5.69 Å². The number of methoxy groups -OCH3 is 1. The summed E-state index contributed by atoms with van der Waals surface area (Å²) in [7, 11) is 1.64. The smallest absolute Gasteiger partial charge is 0.177 e. The third-order valence-electron chi connectivity index (χ3n) is 4.22. The topological polar surface area (TPSA) is 66.7 Å². The molecule has 1 aromatic heterocycles. The number of thiol groups is 1. The van der Waals surface area contributed by atoms with Gasteiger partial charge in [0.05, 0.1) is 36.1 Å². The van der Waals surface area contributed by atoms with Crippen molar-refractivity contribution in [3.8, 4) is 11.4 Å². The molecule has 0 radical (unpaired) electrons. The maximum Gasteiger partial charge on any atom is 0.177 e. The van der Waals surface area contributed by atoms with Crippen molar-refractivity contribution in [1.29, 1.82) is 0 Å². The molecular weight excluding hydrogens is 419 g/mol.